The summed E-state index contributed by atoms with van der Waals surface area (Å²) in [4.78, 5) is 11.0. The highest BCUT2D eigenvalue weighted by Gasteiger charge is 2.40. The Bertz CT molecular complexity index is 883. The van der Waals surface area contributed by atoms with Crippen LogP contribution in [0, 0.1) is 5.92 Å². The summed E-state index contributed by atoms with van der Waals surface area (Å²) in [5.41, 5.74) is 4.38. The first kappa shape index (κ1) is 21.8. The summed E-state index contributed by atoms with van der Waals surface area (Å²) >= 11 is 0. The van der Waals surface area contributed by atoms with Crippen molar-refractivity contribution in [1.82, 2.24) is 10.6 Å². The van der Waals surface area contributed by atoms with E-state index in [2.05, 4.69) is 54.0 Å². The van der Waals surface area contributed by atoms with E-state index in [9.17, 15) is 4.79 Å². The summed E-state index contributed by atoms with van der Waals surface area (Å²) in [6, 6.07) is 19.7. The lowest BCUT2D eigenvalue weighted by Gasteiger charge is -2.30. The zero-order valence-corrected chi connectivity index (χ0v) is 18.4. The predicted molar refractivity (Wildman–Crippen MR) is 126 cm³/mol. The van der Waals surface area contributed by atoms with Crippen LogP contribution in [0.15, 0.2) is 60.2 Å². The molecule has 0 bridgehead atoms. The Morgan fingerprint density at radius 1 is 1.00 bits per heavy atom. The Morgan fingerprint density at radius 3 is 2.32 bits per heavy atom. The quantitative estimate of drug-likeness (QED) is 0.520. The summed E-state index contributed by atoms with van der Waals surface area (Å²) in [7, 11) is 0. The van der Waals surface area contributed by atoms with Gasteiger partial charge in [-0.2, -0.15) is 0 Å². The molecule has 164 valence electrons. The van der Waals surface area contributed by atoms with Crippen molar-refractivity contribution >= 4 is 12.0 Å². The molecule has 4 rings (SSSR count). The molecule has 0 heterocycles. The van der Waals surface area contributed by atoms with Crippen molar-refractivity contribution in [3.63, 3.8) is 0 Å². The van der Waals surface area contributed by atoms with Crippen LogP contribution in [-0.2, 0) is 6.54 Å². The van der Waals surface area contributed by atoms with Crippen molar-refractivity contribution in [3.05, 3.63) is 76.9 Å². The van der Waals surface area contributed by atoms with E-state index >= 15 is 0 Å². The maximum atomic E-state index is 11.0. The lowest BCUT2D eigenvalue weighted by Crippen LogP contribution is -2.40. The van der Waals surface area contributed by atoms with Gasteiger partial charge in [0.2, 0.25) is 0 Å². The molecule has 2 atom stereocenters. The van der Waals surface area contributed by atoms with Crippen LogP contribution in [0.25, 0.3) is 6.08 Å². The standard InChI is InChI=1S/C27H34N2O2/c1-2-21(16-19-6-4-3-5-7-19)25-17-26(25)29-24-14-12-23(13-15-24)28-18-20-8-10-22(11-9-20)27(30)31/h3-11,16,23-26,28-29H,2,12-15,17-18H2,1H3,(H,30,31)/b21-16+. The smallest absolute Gasteiger partial charge is 0.335 e. The molecular weight excluding hydrogens is 384 g/mol. The third-order valence-electron chi connectivity index (χ3n) is 6.80. The summed E-state index contributed by atoms with van der Waals surface area (Å²) in [5, 5.41) is 16.6. The molecule has 0 aliphatic heterocycles. The molecule has 0 radical (unpaired) electrons. The molecule has 2 saturated carbocycles. The molecule has 2 unspecified atom stereocenters. The van der Waals surface area contributed by atoms with Gasteiger partial charge in [0, 0.05) is 24.7 Å². The summed E-state index contributed by atoms with van der Waals surface area (Å²) in [5.74, 6) is -0.167. The second-order valence-corrected chi connectivity index (χ2v) is 9.03. The third-order valence-corrected chi connectivity index (χ3v) is 6.80. The molecule has 2 aromatic rings. The number of nitrogens with one attached hydrogen (secondary N) is 2. The second-order valence-electron chi connectivity index (χ2n) is 9.03. The lowest BCUT2D eigenvalue weighted by molar-refractivity contribution is 0.0697. The highest BCUT2D eigenvalue weighted by molar-refractivity contribution is 5.87. The Kier molecular flexibility index (Phi) is 7.21. The molecule has 4 heteroatoms. The number of benzene rings is 2. The van der Waals surface area contributed by atoms with Crippen LogP contribution in [-0.4, -0.2) is 29.2 Å². The molecule has 0 spiro atoms. The monoisotopic (exact) mass is 418 g/mol. The molecule has 0 saturated heterocycles. The zero-order valence-electron chi connectivity index (χ0n) is 18.4. The number of aromatic carboxylic acids is 1. The maximum Gasteiger partial charge on any atom is 0.335 e. The van der Waals surface area contributed by atoms with Gasteiger partial charge in [0.25, 0.3) is 0 Å². The summed E-state index contributed by atoms with van der Waals surface area (Å²) in [6.07, 6.45) is 9.63. The van der Waals surface area contributed by atoms with E-state index in [0.29, 0.717) is 29.6 Å². The fraction of sp³-hybridized carbons (Fsp3) is 0.444. The predicted octanol–water partition coefficient (Wildman–Crippen LogP) is 5.26. The van der Waals surface area contributed by atoms with Gasteiger partial charge >= 0.3 is 5.97 Å². The van der Waals surface area contributed by atoms with Gasteiger partial charge in [-0.05, 0) is 67.7 Å². The van der Waals surface area contributed by atoms with Crippen molar-refractivity contribution in [2.24, 2.45) is 5.92 Å². The fourth-order valence-electron chi connectivity index (χ4n) is 4.82. The van der Waals surface area contributed by atoms with Gasteiger partial charge in [-0.15, -0.1) is 0 Å². The normalized spacial score (nSPS) is 25.9. The van der Waals surface area contributed by atoms with E-state index in [0.717, 1.165) is 18.5 Å². The molecule has 2 aromatic carbocycles. The van der Waals surface area contributed by atoms with E-state index in [4.69, 9.17) is 5.11 Å². The second kappa shape index (κ2) is 10.3. The van der Waals surface area contributed by atoms with Crippen molar-refractivity contribution in [2.75, 3.05) is 0 Å². The first-order chi connectivity index (χ1) is 15.1. The summed E-state index contributed by atoms with van der Waals surface area (Å²) in [6.45, 7) is 3.08. The average molecular weight is 419 g/mol. The van der Waals surface area contributed by atoms with Crippen molar-refractivity contribution in [2.45, 2.75) is 70.1 Å². The topological polar surface area (TPSA) is 61.4 Å². The Labute approximate surface area is 185 Å². The maximum absolute atomic E-state index is 11.0. The Morgan fingerprint density at radius 2 is 1.68 bits per heavy atom. The van der Waals surface area contributed by atoms with E-state index in [-0.39, 0.29) is 0 Å². The lowest BCUT2D eigenvalue weighted by atomic mass is 9.91. The number of rotatable bonds is 9. The molecule has 3 N–H and O–H groups in total. The van der Waals surface area contributed by atoms with Crippen LogP contribution in [0.2, 0.25) is 0 Å². The van der Waals surface area contributed by atoms with Crippen LogP contribution >= 0.6 is 0 Å². The fourth-order valence-corrected chi connectivity index (χ4v) is 4.82. The first-order valence-electron chi connectivity index (χ1n) is 11.7. The van der Waals surface area contributed by atoms with Crippen molar-refractivity contribution < 1.29 is 9.90 Å². The minimum Gasteiger partial charge on any atom is -0.478 e. The third kappa shape index (κ3) is 6.05. The Balaban J connectivity index is 1.18. The zero-order chi connectivity index (χ0) is 21.6. The molecule has 0 aromatic heterocycles. The SMILES string of the molecule is CC/C(=C\c1ccccc1)C1CC1NC1CCC(NCc2ccc(C(=O)O)cc2)CC1. The molecule has 0 amide bonds. The summed E-state index contributed by atoms with van der Waals surface area (Å²) < 4.78 is 0. The van der Waals surface area contributed by atoms with Crippen molar-refractivity contribution in [1.29, 1.82) is 0 Å². The number of carboxylic acid groups (broad SMARTS) is 1. The van der Waals surface area contributed by atoms with E-state index < -0.39 is 5.97 Å². The van der Waals surface area contributed by atoms with E-state index in [1.54, 1.807) is 17.7 Å². The number of hydrogen-bond acceptors (Lipinski definition) is 3. The average Bonchev–Trinajstić information content (AvgIpc) is 3.56. The minimum absolute atomic E-state index is 0.346. The van der Waals surface area contributed by atoms with Gasteiger partial charge in [0.05, 0.1) is 5.56 Å². The number of carbonyl (C=O) groups is 1. The number of hydrogen-bond donors (Lipinski definition) is 3. The van der Waals surface area contributed by atoms with Crippen LogP contribution in [0.5, 0.6) is 0 Å². The molecular formula is C27H34N2O2. The van der Waals surface area contributed by atoms with Gasteiger partial charge in [-0.1, -0.05) is 61.0 Å². The van der Waals surface area contributed by atoms with Gasteiger partial charge in [0.1, 0.15) is 0 Å². The number of carboxylic acids is 1. The highest BCUT2D eigenvalue weighted by Crippen LogP contribution is 2.40. The van der Waals surface area contributed by atoms with Crippen LogP contribution < -0.4 is 10.6 Å². The van der Waals surface area contributed by atoms with Crippen LogP contribution in [0.1, 0.15) is 66.9 Å². The van der Waals surface area contributed by atoms with E-state index in [1.165, 1.54) is 37.7 Å². The molecule has 4 nitrogen and oxygen atoms in total. The first-order valence-corrected chi connectivity index (χ1v) is 11.7. The van der Waals surface area contributed by atoms with E-state index in [1.807, 2.05) is 12.1 Å². The molecule has 2 aliphatic carbocycles. The largest absolute Gasteiger partial charge is 0.478 e. The van der Waals surface area contributed by atoms with Crippen LogP contribution in [0.3, 0.4) is 0 Å². The van der Waals surface area contributed by atoms with Gasteiger partial charge in [-0.25, -0.2) is 4.79 Å². The minimum atomic E-state index is -0.871. The molecule has 2 aliphatic rings. The molecule has 2 fully saturated rings. The van der Waals surface area contributed by atoms with Gasteiger partial charge in [0.15, 0.2) is 0 Å². The van der Waals surface area contributed by atoms with Crippen LogP contribution in [0.4, 0.5) is 0 Å². The van der Waals surface area contributed by atoms with Gasteiger partial charge in [-0.3, -0.25) is 0 Å². The Hall–Kier alpha value is -2.43. The van der Waals surface area contributed by atoms with Gasteiger partial charge < -0.3 is 15.7 Å². The highest BCUT2D eigenvalue weighted by atomic mass is 16.4. The van der Waals surface area contributed by atoms with Crippen molar-refractivity contribution in [3.8, 4) is 0 Å². The molecule has 31 heavy (non-hydrogen) atoms.